The maximum Gasteiger partial charge on any atom is 0.337 e. The van der Waals surface area contributed by atoms with Crippen molar-refractivity contribution in [3.63, 3.8) is 0 Å². The van der Waals surface area contributed by atoms with E-state index in [4.69, 9.17) is 23.2 Å². The number of carbonyl (C=O) groups excluding carboxylic acids is 2. The number of carbonyl (C=O) groups is 2. The lowest BCUT2D eigenvalue weighted by molar-refractivity contribution is -0.384. The SMILES string of the molecule is COC(=O)c1ccc(/C=C(\C#N)C(=O)Nc2c(Cl)cc([N+](=O)[O-])cc2Cl)cc1. The fourth-order valence-corrected chi connectivity index (χ4v) is 2.68. The van der Waals surface area contributed by atoms with E-state index in [0.29, 0.717) is 11.1 Å². The summed E-state index contributed by atoms with van der Waals surface area (Å²) < 4.78 is 4.59. The maximum absolute atomic E-state index is 12.4. The Hall–Kier alpha value is -3.41. The van der Waals surface area contributed by atoms with Crippen molar-refractivity contribution in [2.24, 2.45) is 0 Å². The molecular formula is C18H11Cl2N3O5. The quantitative estimate of drug-likeness (QED) is 0.254. The summed E-state index contributed by atoms with van der Waals surface area (Å²) in [5.74, 6) is -1.33. The summed E-state index contributed by atoms with van der Waals surface area (Å²) in [5, 5.41) is 22.1. The number of nitro benzene ring substituents is 1. The second-order valence-corrected chi connectivity index (χ2v) is 6.09. The van der Waals surface area contributed by atoms with Crippen molar-refractivity contribution >= 4 is 52.5 Å². The van der Waals surface area contributed by atoms with Crippen LogP contribution < -0.4 is 5.32 Å². The molecule has 0 atom stereocenters. The summed E-state index contributed by atoms with van der Waals surface area (Å²) in [4.78, 5) is 33.9. The number of amides is 1. The molecule has 2 aromatic carbocycles. The number of nitriles is 1. The third-order valence-corrected chi connectivity index (χ3v) is 4.08. The van der Waals surface area contributed by atoms with Crippen molar-refractivity contribution in [1.82, 2.24) is 0 Å². The Morgan fingerprint density at radius 1 is 1.21 bits per heavy atom. The number of esters is 1. The van der Waals surface area contributed by atoms with E-state index in [-0.39, 0.29) is 27.0 Å². The van der Waals surface area contributed by atoms with E-state index < -0.39 is 16.8 Å². The molecule has 28 heavy (non-hydrogen) atoms. The first-order valence-corrected chi connectivity index (χ1v) is 8.27. The van der Waals surface area contributed by atoms with E-state index in [9.17, 15) is 25.0 Å². The highest BCUT2D eigenvalue weighted by atomic mass is 35.5. The number of non-ortho nitro benzene ring substituents is 1. The topological polar surface area (TPSA) is 122 Å². The minimum absolute atomic E-state index is 0.0545. The Morgan fingerprint density at radius 3 is 2.25 bits per heavy atom. The van der Waals surface area contributed by atoms with Gasteiger partial charge in [-0.05, 0) is 23.8 Å². The van der Waals surface area contributed by atoms with Crippen molar-refractivity contribution in [2.75, 3.05) is 12.4 Å². The number of benzene rings is 2. The Bertz CT molecular complexity index is 1000. The third-order valence-electron chi connectivity index (χ3n) is 3.48. The number of halogens is 2. The number of nitrogens with one attached hydrogen (secondary N) is 1. The van der Waals surface area contributed by atoms with E-state index >= 15 is 0 Å². The van der Waals surface area contributed by atoms with Gasteiger partial charge in [0.05, 0.1) is 33.3 Å². The van der Waals surface area contributed by atoms with Crippen LogP contribution in [-0.2, 0) is 9.53 Å². The molecule has 10 heteroatoms. The molecule has 142 valence electrons. The molecule has 0 heterocycles. The number of nitrogens with zero attached hydrogens (tertiary/aromatic N) is 2. The number of ether oxygens (including phenoxy) is 1. The van der Waals surface area contributed by atoms with Crippen molar-refractivity contribution in [2.45, 2.75) is 0 Å². The summed E-state index contributed by atoms with van der Waals surface area (Å²) in [6.45, 7) is 0. The summed E-state index contributed by atoms with van der Waals surface area (Å²) in [6.07, 6.45) is 1.30. The zero-order valence-electron chi connectivity index (χ0n) is 14.2. The lowest BCUT2D eigenvalue weighted by atomic mass is 10.1. The Balaban J connectivity index is 2.27. The maximum atomic E-state index is 12.4. The summed E-state index contributed by atoms with van der Waals surface area (Å²) >= 11 is 11.9. The Morgan fingerprint density at radius 2 is 1.79 bits per heavy atom. The minimum atomic E-state index is -0.808. The fraction of sp³-hybridized carbons (Fsp3) is 0.0556. The van der Waals surface area contributed by atoms with Gasteiger partial charge in [-0.1, -0.05) is 35.3 Å². The molecular weight excluding hydrogens is 409 g/mol. The van der Waals surface area contributed by atoms with Crippen LogP contribution in [0.25, 0.3) is 6.08 Å². The number of methoxy groups -OCH3 is 1. The predicted molar refractivity (Wildman–Crippen MR) is 103 cm³/mol. The molecule has 0 aromatic heterocycles. The lowest BCUT2D eigenvalue weighted by Gasteiger charge is -2.09. The van der Waals surface area contributed by atoms with E-state index in [2.05, 4.69) is 10.1 Å². The molecule has 0 radical (unpaired) electrons. The van der Waals surface area contributed by atoms with Gasteiger partial charge in [-0.2, -0.15) is 5.26 Å². The van der Waals surface area contributed by atoms with E-state index in [1.165, 1.54) is 37.5 Å². The Labute approximate surface area is 169 Å². The van der Waals surface area contributed by atoms with Crippen LogP contribution in [0.2, 0.25) is 10.0 Å². The molecule has 1 N–H and O–H groups in total. The van der Waals surface area contributed by atoms with Crippen molar-refractivity contribution in [3.8, 4) is 6.07 Å². The molecule has 0 unspecified atom stereocenters. The summed E-state index contributed by atoms with van der Waals surface area (Å²) in [7, 11) is 1.25. The number of rotatable bonds is 5. The lowest BCUT2D eigenvalue weighted by Crippen LogP contribution is -2.14. The molecule has 0 aliphatic rings. The van der Waals surface area contributed by atoms with Crippen LogP contribution in [0, 0.1) is 21.4 Å². The molecule has 0 fully saturated rings. The number of nitro groups is 1. The van der Waals surface area contributed by atoms with Gasteiger partial charge in [-0.3, -0.25) is 14.9 Å². The zero-order valence-corrected chi connectivity index (χ0v) is 15.7. The van der Waals surface area contributed by atoms with Crippen LogP contribution in [0.1, 0.15) is 15.9 Å². The van der Waals surface area contributed by atoms with Crippen LogP contribution >= 0.6 is 23.2 Å². The normalized spacial score (nSPS) is 10.7. The fourth-order valence-electron chi connectivity index (χ4n) is 2.11. The van der Waals surface area contributed by atoms with Gasteiger partial charge in [0.2, 0.25) is 0 Å². The van der Waals surface area contributed by atoms with Crippen LogP contribution in [-0.4, -0.2) is 23.9 Å². The molecule has 8 nitrogen and oxygen atoms in total. The molecule has 0 spiro atoms. The van der Waals surface area contributed by atoms with Crippen molar-refractivity contribution in [1.29, 1.82) is 5.26 Å². The number of hydrogen-bond donors (Lipinski definition) is 1. The third kappa shape index (κ3) is 4.85. The molecule has 2 rings (SSSR count). The standard InChI is InChI=1S/C18H11Cl2N3O5/c1-28-18(25)11-4-2-10(3-5-11)6-12(9-21)17(24)22-16-14(19)7-13(23(26)27)8-15(16)20/h2-8H,1H3,(H,22,24)/b12-6+. The van der Waals surface area contributed by atoms with E-state index in [0.717, 1.165) is 12.1 Å². The van der Waals surface area contributed by atoms with Gasteiger partial charge < -0.3 is 10.1 Å². The average Bonchev–Trinajstić information content (AvgIpc) is 2.68. The molecule has 2 aromatic rings. The van der Waals surface area contributed by atoms with Gasteiger partial charge in [0.1, 0.15) is 11.6 Å². The van der Waals surface area contributed by atoms with Crippen molar-refractivity contribution < 1.29 is 19.2 Å². The second kappa shape index (κ2) is 8.99. The van der Waals surface area contributed by atoms with Gasteiger partial charge in [0.15, 0.2) is 0 Å². The van der Waals surface area contributed by atoms with E-state index in [1.54, 1.807) is 6.07 Å². The smallest absolute Gasteiger partial charge is 0.337 e. The first-order valence-electron chi connectivity index (χ1n) is 7.51. The van der Waals surface area contributed by atoms with Crippen LogP contribution in [0.3, 0.4) is 0 Å². The van der Waals surface area contributed by atoms with Crippen LogP contribution in [0.15, 0.2) is 42.0 Å². The molecule has 1 amide bonds. The van der Waals surface area contributed by atoms with Gasteiger partial charge >= 0.3 is 5.97 Å². The highest BCUT2D eigenvalue weighted by Gasteiger charge is 2.18. The van der Waals surface area contributed by atoms with Crippen LogP contribution in [0.5, 0.6) is 0 Å². The van der Waals surface area contributed by atoms with E-state index in [1.807, 2.05) is 0 Å². The summed E-state index contributed by atoms with van der Waals surface area (Å²) in [6, 6.07) is 9.84. The van der Waals surface area contributed by atoms with Gasteiger partial charge in [-0.15, -0.1) is 0 Å². The van der Waals surface area contributed by atoms with Crippen molar-refractivity contribution in [3.05, 3.63) is 73.3 Å². The molecule has 0 bridgehead atoms. The van der Waals surface area contributed by atoms with Gasteiger partial charge in [-0.25, -0.2) is 4.79 Å². The van der Waals surface area contributed by atoms with Gasteiger partial charge in [0.25, 0.3) is 11.6 Å². The zero-order chi connectivity index (χ0) is 20.8. The average molecular weight is 420 g/mol. The largest absolute Gasteiger partial charge is 0.465 e. The summed E-state index contributed by atoms with van der Waals surface area (Å²) in [5.41, 5.74) is 0.138. The molecule has 0 aliphatic carbocycles. The van der Waals surface area contributed by atoms with Gasteiger partial charge in [0, 0.05) is 12.1 Å². The monoisotopic (exact) mass is 419 g/mol. The molecule has 0 saturated heterocycles. The molecule has 0 saturated carbocycles. The Kier molecular flexibility index (Phi) is 6.71. The predicted octanol–water partition coefficient (Wildman–Crippen LogP) is 4.23. The second-order valence-electron chi connectivity index (χ2n) is 5.28. The first-order chi connectivity index (χ1) is 13.3. The minimum Gasteiger partial charge on any atom is -0.465 e. The van der Waals surface area contributed by atoms with Crippen LogP contribution in [0.4, 0.5) is 11.4 Å². The molecule has 0 aliphatic heterocycles. The highest BCUT2D eigenvalue weighted by molar-refractivity contribution is 6.40. The number of anilines is 1. The number of hydrogen-bond acceptors (Lipinski definition) is 6. The first kappa shape index (κ1) is 20.9. The highest BCUT2D eigenvalue weighted by Crippen LogP contribution is 2.35.